The Bertz CT molecular complexity index is 1350. The number of methoxy groups -OCH3 is 1. The average molecular weight is 451 g/mol. The molecule has 2 aromatic carbocycles. The van der Waals surface area contributed by atoms with Crippen molar-refractivity contribution in [1.82, 2.24) is 15.3 Å². The fourth-order valence-corrected chi connectivity index (χ4v) is 4.43. The number of carbonyl (C=O) groups is 1. The largest absolute Gasteiger partial charge is 0.496 e. The lowest BCUT2D eigenvalue weighted by molar-refractivity contribution is 0.0946. The van der Waals surface area contributed by atoms with E-state index in [0.717, 1.165) is 16.5 Å². The maximum Gasteiger partial charge on any atom is 0.267 e. The van der Waals surface area contributed by atoms with Crippen LogP contribution in [-0.2, 0) is 16.6 Å². The summed E-state index contributed by atoms with van der Waals surface area (Å²) in [5.41, 5.74) is 3.19. The first-order valence-corrected chi connectivity index (χ1v) is 11.3. The number of ether oxygens (including phenoxy) is 1. The zero-order chi connectivity index (χ0) is 22.7. The minimum absolute atomic E-state index is 0.123. The van der Waals surface area contributed by atoms with E-state index < -0.39 is 10.0 Å². The molecule has 0 atom stereocenters. The van der Waals surface area contributed by atoms with Crippen molar-refractivity contribution in [2.45, 2.75) is 18.4 Å². The second-order valence-corrected chi connectivity index (χ2v) is 8.89. The third-order valence-corrected chi connectivity index (χ3v) is 6.48. The number of anilines is 1. The normalized spacial score (nSPS) is 11.3. The van der Waals surface area contributed by atoms with Crippen molar-refractivity contribution in [3.8, 4) is 5.75 Å². The second kappa shape index (κ2) is 8.72. The summed E-state index contributed by atoms with van der Waals surface area (Å²) in [7, 11) is -2.24. The van der Waals surface area contributed by atoms with E-state index in [1.54, 1.807) is 61.8 Å². The zero-order valence-corrected chi connectivity index (χ0v) is 18.4. The van der Waals surface area contributed by atoms with Crippen LogP contribution >= 0.6 is 0 Å². The molecule has 0 saturated carbocycles. The maximum atomic E-state index is 12.8. The summed E-state index contributed by atoms with van der Waals surface area (Å²) in [6.45, 7) is 2.04. The lowest BCUT2D eigenvalue weighted by Crippen LogP contribution is -2.23. The van der Waals surface area contributed by atoms with E-state index in [1.165, 1.54) is 19.2 Å². The number of carbonyl (C=O) groups excluding carboxylic acids is 1. The molecular formula is C23H22N4O4S. The first kappa shape index (κ1) is 21.4. The number of nitrogens with zero attached hydrogens (tertiary/aromatic N) is 1. The topological polar surface area (TPSA) is 113 Å². The van der Waals surface area contributed by atoms with Gasteiger partial charge < -0.3 is 15.0 Å². The molecule has 1 amide bonds. The van der Waals surface area contributed by atoms with E-state index in [0.29, 0.717) is 22.7 Å². The van der Waals surface area contributed by atoms with Crippen LogP contribution in [0.25, 0.3) is 10.9 Å². The monoisotopic (exact) mass is 450 g/mol. The van der Waals surface area contributed by atoms with Gasteiger partial charge in [0.25, 0.3) is 15.9 Å². The Kier molecular flexibility index (Phi) is 5.83. The summed E-state index contributed by atoms with van der Waals surface area (Å²) in [5, 5.41) is 3.68. The molecule has 0 fully saturated rings. The van der Waals surface area contributed by atoms with Crippen molar-refractivity contribution in [2.24, 2.45) is 0 Å². The number of fused-ring (bicyclic) bond motifs is 1. The molecule has 0 spiro atoms. The minimum Gasteiger partial charge on any atom is -0.496 e. The van der Waals surface area contributed by atoms with Gasteiger partial charge >= 0.3 is 0 Å². The van der Waals surface area contributed by atoms with Crippen molar-refractivity contribution in [3.63, 3.8) is 0 Å². The summed E-state index contributed by atoms with van der Waals surface area (Å²) in [5.74, 6) is 0.343. The Morgan fingerprint density at radius 1 is 1.12 bits per heavy atom. The van der Waals surface area contributed by atoms with Crippen molar-refractivity contribution < 1.29 is 17.9 Å². The van der Waals surface area contributed by atoms with Gasteiger partial charge in [-0.3, -0.25) is 14.5 Å². The Balaban J connectivity index is 1.42. The van der Waals surface area contributed by atoms with Crippen molar-refractivity contribution in [2.75, 3.05) is 11.8 Å². The van der Waals surface area contributed by atoms with Crippen molar-refractivity contribution in [3.05, 3.63) is 83.8 Å². The third-order valence-electron chi connectivity index (χ3n) is 5.10. The number of hydrogen-bond donors (Lipinski definition) is 3. The Morgan fingerprint density at radius 2 is 1.91 bits per heavy atom. The highest BCUT2D eigenvalue weighted by atomic mass is 32.2. The van der Waals surface area contributed by atoms with Crippen LogP contribution in [0.2, 0.25) is 0 Å². The van der Waals surface area contributed by atoms with E-state index >= 15 is 0 Å². The molecule has 0 aliphatic rings. The number of benzene rings is 2. The van der Waals surface area contributed by atoms with Crippen molar-refractivity contribution >= 4 is 32.5 Å². The number of sulfonamides is 1. The molecule has 0 radical (unpaired) electrons. The summed E-state index contributed by atoms with van der Waals surface area (Å²) >= 11 is 0. The van der Waals surface area contributed by atoms with Gasteiger partial charge in [-0.25, -0.2) is 8.42 Å². The highest BCUT2D eigenvalue weighted by Crippen LogP contribution is 2.27. The quantitative estimate of drug-likeness (QED) is 0.398. The van der Waals surface area contributed by atoms with Gasteiger partial charge in [-0.2, -0.15) is 0 Å². The van der Waals surface area contributed by atoms with Gasteiger partial charge in [-0.1, -0.05) is 18.2 Å². The van der Waals surface area contributed by atoms with Gasteiger partial charge in [0.2, 0.25) is 0 Å². The number of amides is 1. The Hall–Kier alpha value is -3.85. The average Bonchev–Trinajstić information content (AvgIpc) is 3.23. The van der Waals surface area contributed by atoms with Gasteiger partial charge in [-0.05, 0) is 48.9 Å². The third kappa shape index (κ3) is 4.42. The van der Waals surface area contributed by atoms with Gasteiger partial charge in [0.15, 0.2) is 0 Å². The van der Waals surface area contributed by atoms with Crippen LogP contribution in [0.15, 0.2) is 71.9 Å². The molecule has 0 aliphatic heterocycles. The summed E-state index contributed by atoms with van der Waals surface area (Å²) in [6.07, 6.45) is 3.34. The first-order chi connectivity index (χ1) is 15.4. The van der Waals surface area contributed by atoms with Crippen LogP contribution in [0.1, 0.15) is 21.6 Å². The number of pyridine rings is 1. The van der Waals surface area contributed by atoms with Crippen LogP contribution in [0, 0.1) is 6.92 Å². The molecule has 9 heteroatoms. The van der Waals surface area contributed by atoms with Crippen LogP contribution in [-0.4, -0.2) is 31.4 Å². The molecule has 0 bridgehead atoms. The highest BCUT2D eigenvalue weighted by molar-refractivity contribution is 7.92. The van der Waals surface area contributed by atoms with Crippen LogP contribution in [0.4, 0.5) is 5.69 Å². The van der Waals surface area contributed by atoms with E-state index in [9.17, 15) is 13.2 Å². The molecule has 0 saturated heterocycles. The molecule has 2 aromatic heterocycles. The smallest absolute Gasteiger partial charge is 0.267 e. The summed E-state index contributed by atoms with van der Waals surface area (Å²) in [4.78, 5) is 19.6. The Morgan fingerprint density at radius 3 is 2.62 bits per heavy atom. The molecule has 3 N–H and O–H groups in total. The van der Waals surface area contributed by atoms with E-state index in [2.05, 4.69) is 20.0 Å². The molecule has 164 valence electrons. The molecule has 8 nitrogen and oxygen atoms in total. The predicted molar refractivity (Wildman–Crippen MR) is 122 cm³/mol. The first-order valence-electron chi connectivity index (χ1n) is 9.84. The number of rotatable bonds is 7. The maximum absolute atomic E-state index is 12.8. The zero-order valence-electron chi connectivity index (χ0n) is 17.5. The van der Waals surface area contributed by atoms with Gasteiger partial charge in [0.05, 0.1) is 17.7 Å². The fraction of sp³-hybridized carbons (Fsp3) is 0.130. The molecule has 2 heterocycles. The lowest BCUT2D eigenvalue weighted by Gasteiger charge is -2.13. The van der Waals surface area contributed by atoms with Crippen LogP contribution < -0.4 is 14.8 Å². The number of aromatic nitrogens is 2. The summed E-state index contributed by atoms with van der Waals surface area (Å²) < 4.78 is 33.4. The molecular weight excluding hydrogens is 428 g/mol. The highest BCUT2D eigenvalue weighted by Gasteiger charge is 2.17. The predicted octanol–water partition coefficient (Wildman–Crippen LogP) is 3.61. The SMILES string of the molecule is COc1cccc(NS(=O)(=O)c2ccc(CNC(=O)c3cc4cnccc4[nH]3)cc2)c1C. The van der Waals surface area contributed by atoms with E-state index in [1.807, 2.05) is 0 Å². The molecule has 32 heavy (non-hydrogen) atoms. The van der Waals surface area contributed by atoms with E-state index in [-0.39, 0.29) is 17.3 Å². The van der Waals surface area contributed by atoms with Gasteiger partial charge in [0.1, 0.15) is 11.4 Å². The standard InChI is InChI=1S/C23H22N4O4S/c1-15-19(4-3-5-22(15)31-2)27-32(29,30)18-8-6-16(7-9-18)13-25-23(28)21-12-17-14-24-11-10-20(17)26-21/h3-12,14,26-27H,13H2,1-2H3,(H,25,28). The van der Waals surface area contributed by atoms with Crippen molar-refractivity contribution in [1.29, 1.82) is 0 Å². The molecule has 0 unspecified atom stereocenters. The molecule has 4 rings (SSSR count). The Labute approximate surface area is 185 Å². The van der Waals surface area contributed by atoms with Gasteiger partial charge in [0, 0.05) is 35.4 Å². The van der Waals surface area contributed by atoms with Gasteiger partial charge in [-0.15, -0.1) is 0 Å². The number of nitrogens with one attached hydrogen (secondary N) is 3. The lowest BCUT2D eigenvalue weighted by atomic mass is 10.2. The fourth-order valence-electron chi connectivity index (χ4n) is 3.31. The minimum atomic E-state index is -3.77. The van der Waals surface area contributed by atoms with Crippen LogP contribution in [0.3, 0.4) is 0 Å². The van der Waals surface area contributed by atoms with E-state index in [4.69, 9.17) is 4.74 Å². The molecule has 4 aromatic rings. The van der Waals surface area contributed by atoms with Crippen LogP contribution in [0.5, 0.6) is 5.75 Å². The number of H-pyrrole nitrogens is 1. The number of aromatic amines is 1. The molecule has 0 aliphatic carbocycles. The second-order valence-electron chi connectivity index (χ2n) is 7.21. The summed E-state index contributed by atoms with van der Waals surface area (Å²) in [6, 6.07) is 15.1. The number of hydrogen-bond acceptors (Lipinski definition) is 5.